The summed E-state index contributed by atoms with van der Waals surface area (Å²) in [5.41, 5.74) is 5.62. The summed E-state index contributed by atoms with van der Waals surface area (Å²) < 4.78 is 12.2. The Morgan fingerprint density at radius 2 is 1.42 bits per heavy atom. The molecule has 0 unspecified atom stereocenters. The van der Waals surface area contributed by atoms with Gasteiger partial charge in [0.05, 0.1) is 0 Å². The second kappa shape index (κ2) is 7.01. The van der Waals surface area contributed by atoms with E-state index in [2.05, 4.69) is 46.2 Å². The predicted molar refractivity (Wildman–Crippen MR) is 84.9 cm³/mol. The average Bonchev–Trinajstić information content (AvgIpc) is 2.12. The number of carbonyl (C=O) groups excluding carboxylic acids is 1. The van der Waals surface area contributed by atoms with Crippen LogP contribution in [0.4, 0.5) is 0 Å². The fraction of sp³-hybridized carbons (Fsp3) is 0.923. The first-order valence-corrected chi connectivity index (χ1v) is 13.9. The van der Waals surface area contributed by atoms with Crippen LogP contribution < -0.4 is 5.73 Å². The summed E-state index contributed by atoms with van der Waals surface area (Å²) in [6.07, 6.45) is 3.60. The summed E-state index contributed by atoms with van der Waals surface area (Å²) in [5, 5.41) is 0. The minimum atomic E-state index is -1.92. The number of hydrogen-bond donors (Lipinski definition) is 1. The lowest BCUT2D eigenvalue weighted by molar-refractivity contribution is -0.170. The van der Waals surface area contributed by atoms with Gasteiger partial charge in [0, 0.05) is 6.42 Å². The molecule has 0 saturated heterocycles. The zero-order chi connectivity index (χ0) is 15.3. The fourth-order valence-electron chi connectivity index (χ4n) is 1.94. The Balaban J connectivity index is 5.17. The van der Waals surface area contributed by atoms with Gasteiger partial charge in [0.1, 0.15) is 0 Å². The van der Waals surface area contributed by atoms with Crippen LogP contribution in [0.25, 0.3) is 0 Å². The lowest BCUT2D eigenvalue weighted by atomic mass is 10.1. The van der Waals surface area contributed by atoms with E-state index in [-0.39, 0.29) is 0 Å². The van der Waals surface area contributed by atoms with Gasteiger partial charge in [-0.15, -0.1) is 0 Å². The van der Waals surface area contributed by atoms with Crippen LogP contribution in [0.3, 0.4) is 0 Å². The maximum Gasteiger partial charge on any atom is 0.275 e. The molecule has 0 saturated carbocycles. The molecule has 0 aromatic heterocycles. The molecule has 0 aromatic rings. The zero-order valence-electron chi connectivity index (χ0n) is 13.6. The van der Waals surface area contributed by atoms with Crippen molar-refractivity contribution in [2.45, 2.75) is 77.7 Å². The highest BCUT2D eigenvalue weighted by Crippen LogP contribution is 2.29. The molecule has 114 valence electrons. The van der Waals surface area contributed by atoms with Crippen molar-refractivity contribution in [2.24, 2.45) is 5.73 Å². The number of carbonyl (C=O) groups is 1. The Morgan fingerprint density at radius 1 is 1.00 bits per heavy atom. The third kappa shape index (κ3) is 7.86. The largest absolute Gasteiger partial charge is 0.384 e. The summed E-state index contributed by atoms with van der Waals surface area (Å²) in [6.45, 7) is 14.5. The number of rotatable bonds is 9. The first kappa shape index (κ1) is 18.8. The van der Waals surface area contributed by atoms with Crippen LogP contribution in [-0.4, -0.2) is 28.3 Å². The van der Waals surface area contributed by atoms with Crippen molar-refractivity contribution in [3.8, 4) is 0 Å². The minimum absolute atomic E-state index is 0.478. The van der Waals surface area contributed by atoms with E-state index in [1.165, 1.54) is 0 Å². The van der Waals surface area contributed by atoms with Gasteiger partial charge in [0.25, 0.3) is 5.91 Å². The second-order valence-electron chi connectivity index (χ2n) is 7.00. The van der Waals surface area contributed by atoms with Gasteiger partial charge in [-0.2, -0.15) is 0 Å². The van der Waals surface area contributed by atoms with Crippen molar-refractivity contribution < 1.29 is 13.6 Å². The van der Waals surface area contributed by atoms with Crippen molar-refractivity contribution in [3.05, 3.63) is 0 Å². The quantitative estimate of drug-likeness (QED) is 0.403. The Morgan fingerprint density at radius 3 is 1.68 bits per heavy atom. The lowest BCUT2D eigenvalue weighted by Gasteiger charge is -2.40. The standard InChI is InChI=1S/C13H31NO3Si2/c1-8-9-10-11-13(12(14)15,16-18(2,3)4)17-19(5,6)7/h8-11H2,1-7H3,(H2,14,15). The molecule has 0 spiro atoms. The Labute approximate surface area is 120 Å². The molecule has 0 aliphatic rings. The van der Waals surface area contributed by atoms with Gasteiger partial charge in [0.2, 0.25) is 5.79 Å². The number of unbranched alkanes of at least 4 members (excludes halogenated alkanes) is 2. The minimum Gasteiger partial charge on any atom is -0.384 e. The molecule has 0 heterocycles. The third-order valence-corrected chi connectivity index (χ3v) is 4.31. The molecule has 0 fully saturated rings. The molecule has 0 aromatic carbocycles. The Kier molecular flexibility index (Phi) is 6.95. The van der Waals surface area contributed by atoms with Gasteiger partial charge < -0.3 is 14.6 Å². The molecule has 0 aliphatic heterocycles. The van der Waals surface area contributed by atoms with Gasteiger partial charge in [-0.05, 0) is 45.7 Å². The topological polar surface area (TPSA) is 61.6 Å². The second-order valence-corrected chi connectivity index (χ2v) is 15.9. The molecule has 6 heteroatoms. The number of hydrogen-bond acceptors (Lipinski definition) is 3. The molecule has 2 N–H and O–H groups in total. The summed E-state index contributed by atoms with van der Waals surface area (Å²) in [5.74, 6) is -1.70. The molecule has 0 aliphatic carbocycles. The zero-order valence-corrected chi connectivity index (χ0v) is 15.6. The number of nitrogens with two attached hydrogens (primary N) is 1. The molecular formula is C13H31NO3Si2. The van der Waals surface area contributed by atoms with Gasteiger partial charge >= 0.3 is 0 Å². The predicted octanol–water partition coefficient (Wildman–Crippen LogP) is 3.45. The van der Waals surface area contributed by atoms with Gasteiger partial charge in [-0.3, -0.25) is 4.79 Å². The van der Waals surface area contributed by atoms with E-state index in [9.17, 15) is 4.79 Å². The molecular weight excluding hydrogens is 274 g/mol. The van der Waals surface area contributed by atoms with E-state index in [1.54, 1.807) is 0 Å². The van der Waals surface area contributed by atoms with Crippen molar-refractivity contribution >= 4 is 22.5 Å². The van der Waals surface area contributed by atoms with E-state index in [4.69, 9.17) is 14.6 Å². The smallest absolute Gasteiger partial charge is 0.275 e. The highest BCUT2D eigenvalue weighted by molar-refractivity contribution is 6.71. The van der Waals surface area contributed by atoms with Crippen LogP contribution in [0.1, 0.15) is 32.6 Å². The van der Waals surface area contributed by atoms with Crippen LogP contribution in [0.5, 0.6) is 0 Å². The summed E-state index contributed by atoms with van der Waals surface area (Å²) in [4.78, 5) is 12.0. The molecule has 0 radical (unpaired) electrons. The van der Waals surface area contributed by atoms with E-state index in [1.807, 2.05) is 0 Å². The van der Waals surface area contributed by atoms with Crippen molar-refractivity contribution in [1.82, 2.24) is 0 Å². The molecule has 4 nitrogen and oxygen atoms in total. The highest BCUT2D eigenvalue weighted by atomic mass is 28.4. The summed E-state index contributed by atoms with van der Waals surface area (Å²) in [6, 6.07) is 0. The Hall–Kier alpha value is -0.176. The SMILES string of the molecule is CCCCCC(O[Si](C)(C)C)(O[Si](C)(C)C)C(N)=O. The highest BCUT2D eigenvalue weighted by Gasteiger charge is 2.45. The van der Waals surface area contributed by atoms with Crippen molar-refractivity contribution in [2.75, 3.05) is 0 Å². The van der Waals surface area contributed by atoms with E-state index in [0.717, 1.165) is 19.3 Å². The summed E-state index contributed by atoms with van der Waals surface area (Å²) >= 11 is 0. The fourth-order valence-corrected chi connectivity index (χ4v) is 4.49. The number of amides is 1. The third-order valence-electron chi connectivity index (χ3n) is 2.43. The van der Waals surface area contributed by atoms with Gasteiger partial charge in [0.15, 0.2) is 16.6 Å². The molecule has 19 heavy (non-hydrogen) atoms. The molecule has 0 atom stereocenters. The van der Waals surface area contributed by atoms with E-state index in [0.29, 0.717) is 6.42 Å². The van der Waals surface area contributed by atoms with E-state index < -0.39 is 28.3 Å². The van der Waals surface area contributed by atoms with E-state index >= 15 is 0 Å². The van der Waals surface area contributed by atoms with Gasteiger partial charge in [-0.25, -0.2) is 0 Å². The maximum atomic E-state index is 12.0. The van der Waals surface area contributed by atoms with Crippen molar-refractivity contribution in [1.29, 1.82) is 0 Å². The Bertz CT molecular complexity index is 279. The first-order valence-electron chi connectivity index (χ1n) is 7.12. The molecule has 1 amide bonds. The van der Waals surface area contributed by atoms with Crippen LogP contribution in [-0.2, 0) is 13.6 Å². The first-order chi connectivity index (χ1) is 8.42. The van der Waals surface area contributed by atoms with Gasteiger partial charge in [-0.1, -0.05) is 19.8 Å². The van der Waals surface area contributed by atoms with Crippen LogP contribution >= 0.6 is 0 Å². The normalized spacial score (nSPS) is 13.6. The monoisotopic (exact) mass is 305 g/mol. The van der Waals surface area contributed by atoms with Crippen LogP contribution in [0, 0.1) is 0 Å². The maximum absolute atomic E-state index is 12.0. The average molecular weight is 306 g/mol. The number of primary amides is 1. The van der Waals surface area contributed by atoms with Crippen LogP contribution in [0.2, 0.25) is 39.3 Å². The lowest BCUT2D eigenvalue weighted by Crippen LogP contribution is -2.57. The molecule has 0 bridgehead atoms. The molecule has 0 rings (SSSR count). The summed E-state index contributed by atoms with van der Waals surface area (Å²) in [7, 11) is -3.84. The van der Waals surface area contributed by atoms with Crippen molar-refractivity contribution in [3.63, 3.8) is 0 Å². The van der Waals surface area contributed by atoms with Crippen LogP contribution in [0.15, 0.2) is 0 Å².